The maximum Gasteiger partial charge on any atom is 0.328 e. The Balaban J connectivity index is 1.77. The molecule has 14 heteroatoms. The molecule has 0 saturated carbocycles. The van der Waals surface area contributed by atoms with Crippen molar-refractivity contribution >= 4 is 40.5 Å². The number of aromatic amines is 1. The number of nitrogens with one attached hydrogen (secondary N) is 4. The van der Waals surface area contributed by atoms with Crippen molar-refractivity contribution in [3.63, 3.8) is 0 Å². The van der Waals surface area contributed by atoms with Gasteiger partial charge in [0.05, 0.1) is 18.6 Å². The van der Waals surface area contributed by atoms with Crippen molar-refractivity contribution in [2.75, 3.05) is 0 Å². The second-order valence-corrected chi connectivity index (χ2v) is 9.90. The van der Waals surface area contributed by atoms with E-state index in [1.54, 1.807) is 6.20 Å². The van der Waals surface area contributed by atoms with E-state index in [9.17, 15) is 39.3 Å². The summed E-state index contributed by atoms with van der Waals surface area (Å²) in [5.74, 6) is -5.12. The molecule has 3 aromatic rings. The summed E-state index contributed by atoms with van der Waals surface area (Å²) in [5, 5.41) is 36.6. The Morgan fingerprint density at radius 3 is 2.12 bits per heavy atom. The second kappa shape index (κ2) is 14.1. The highest BCUT2D eigenvalue weighted by Gasteiger charge is 2.32. The number of carboxylic acids is 1. The van der Waals surface area contributed by atoms with Gasteiger partial charge in [-0.3, -0.25) is 19.2 Å². The van der Waals surface area contributed by atoms with Crippen LogP contribution in [0.25, 0.3) is 10.9 Å². The standard InChI is InChI=1S/C28H34N6O8/c1-14(35)24(28(41)42)34-27(40)21(10-15-6-8-17(36)9-7-15)33-26(39)22(12-23(30)37)32-25(38)19(29)11-16-13-31-20-5-3-2-4-18(16)20/h2-9,13-14,19,21-22,24,31,35-36H,10-12,29H2,1H3,(H2,30,37)(H,32,38)(H,33,39)(H,34,40)(H,41,42). The van der Waals surface area contributed by atoms with Crippen molar-refractivity contribution in [2.24, 2.45) is 11.5 Å². The second-order valence-electron chi connectivity index (χ2n) is 9.90. The zero-order valence-electron chi connectivity index (χ0n) is 22.7. The third-order valence-corrected chi connectivity index (χ3v) is 6.55. The molecule has 0 aliphatic rings. The van der Waals surface area contributed by atoms with Crippen molar-refractivity contribution in [3.8, 4) is 5.75 Å². The summed E-state index contributed by atoms with van der Waals surface area (Å²) in [4.78, 5) is 65.7. The Bertz CT molecular complexity index is 1440. The molecule has 1 aromatic heterocycles. The molecule has 11 N–H and O–H groups in total. The molecule has 0 saturated heterocycles. The third kappa shape index (κ3) is 8.52. The van der Waals surface area contributed by atoms with E-state index in [1.807, 2.05) is 24.3 Å². The minimum Gasteiger partial charge on any atom is -0.508 e. The number of aliphatic hydroxyl groups is 1. The molecular formula is C28H34N6O8. The highest BCUT2D eigenvalue weighted by molar-refractivity contribution is 5.96. The molecule has 5 unspecified atom stereocenters. The molecule has 5 atom stereocenters. The molecule has 0 spiro atoms. The van der Waals surface area contributed by atoms with E-state index in [0.29, 0.717) is 5.56 Å². The number of primary amides is 1. The lowest BCUT2D eigenvalue weighted by Crippen LogP contribution is -2.59. The fourth-order valence-electron chi connectivity index (χ4n) is 4.31. The van der Waals surface area contributed by atoms with Crippen LogP contribution in [0.5, 0.6) is 5.75 Å². The van der Waals surface area contributed by atoms with Gasteiger partial charge in [-0.25, -0.2) is 4.79 Å². The van der Waals surface area contributed by atoms with Gasteiger partial charge in [0, 0.05) is 23.5 Å². The number of hydrogen-bond donors (Lipinski definition) is 9. The van der Waals surface area contributed by atoms with Crippen LogP contribution in [0, 0.1) is 0 Å². The molecular weight excluding hydrogens is 548 g/mol. The van der Waals surface area contributed by atoms with Crippen LogP contribution < -0.4 is 27.4 Å². The van der Waals surface area contributed by atoms with Gasteiger partial charge in [-0.2, -0.15) is 0 Å². The number of aliphatic carboxylic acids is 1. The number of aromatic nitrogens is 1. The fourth-order valence-corrected chi connectivity index (χ4v) is 4.31. The van der Waals surface area contributed by atoms with Crippen molar-refractivity contribution < 1.29 is 39.3 Å². The topological polar surface area (TPSA) is 250 Å². The van der Waals surface area contributed by atoms with E-state index in [-0.39, 0.29) is 18.6 Å². The lowest BCUT2D eigenvalue weighted by Gasteiger charge is -2.25. The molecule has 14 nitrogen and oxygen atoms in total. The maximum atomic E-state index is 13.3. The number of rotatable bonds is 14. The minimum absolute atomic E-state index is 0.0444. The Morgan fingerprint density at radius 2 is 1.50 bits per heavy atom. The molecule has 3 rings (SSSR count). The Morgan fingerprint density at radius 1 is 0.881 bits per heavy atom. The number of carbonyl (C=O) groups excluding carboxylic acids is 4. The van der Waals surface area contributed by atoms with Gasteiger partial charge in [0.2, 0.25) is 23.6 Å². The van der Waals surface area contributed by atoms with Crippen molar-refractivity contribution in [3.05, 3.63) is 65.9 Å². The summed E-state index contributed by atoms with van der Waals surface area (Å²) < 4.78 is 0. The SMILES string of the molecule is CC(O)C(NC(=O)C(Cc1ccc(O)cc1)NC(=O)C(CC(N)=O)NC(=O)C(N)Cc1c[nH]c2ccccc12)C(=O)O. The summed E-state index contributed by atoms with van der Waals surface area (Å²) in [6.45, 7) is 1.17. The summed E-state index contributed by atoms with van der Waals surface area (Å²) >= 11 is 0. The number of aliphatic hydroxyl groups excluding tert-OH is 1. The van der Waals surface area contributed by atoms with Crippen LogP contribution in [-0.2, 0) is 36.8 Å². The zero-order chi connectivity index (χ0) is 31.0. The van der Waals surface area contributed by atoms with Gasteiger partial charge in [0.25, 0.3) is 0 Å². The number of aromatic hydroxyl groups is 1. The molecule has 0 aliphatic carbocycles. The van der Waals surface area contributed by atoms with Crippen LogP contribution in [0.1, 0.15) is 24.5 Å². The van der Waals surface area contributed by atoms with Crippen LogP contribution in [0.15, 0.2) is 54.7 Å². The van der Waals surface area contributed by atoms with E-state index >= 15 is 0 Å². The number of phenols is 1. The summed E-state index contributed by atoms with van der Waals surface area (Å²) in [7, 11) is 0. The first kappa shape index (κ1) is 31.6. The quantitative estimate of drug-likeness (QED) is 0.110. The number of H-pyrrole nitrogens is 1. The molecule has 2 aromatic carbocycles. The van der Waals surface area contributed by atoms with Crippen molar-refractivity contribution in [1.82, 2.24) is 20.9 Å². The van der Waals surface area contributed by atoms with Crippen LogP contribution in [-0.4, -0.2) is 80.2 Å². The molecule has 0 aliphatic heterocycles. The van der Waals surface area contributed by atoms with Gasteiger partial charge < -0.3 is 47.7 Å². The first-order valence-corrected chi connectivity index (χ1v) is 13.0. The number of carbonyl (C=O) groups is 5. The lowest BCUT2D eigenvalue weighted by molar-refractivity contribution is -0.145. The lowest BCUT2D eigenvalue weighted by atomic mass is 10.0. The van der Waals surface area contributed by atoms with E-state index in [1.165, 1.54) is 31.2 Å². The van der Waals surface area contributed by atoms with Crippen molar-refractivity contribution in [2.45, 2.75) is 56.5 Å². The van der Waals surface area contributed by atoms with Gasteiger partial charge in [0.15, 0.2) is 6.04 Å². The highest BCUT2D eigenvalue weighted by atomic mass is 16.4. The molecule has 0 fully saturated rings. The van der Waals surface area contributed by atoms with Crippen molar-refractivity contribution in [1.29, 1.82) is 0 Å². The average molecular weight is 583 g/mol. The van der Waals surface area contributed by atoms with Gasteiger partial charge >= 0.3 is 5.97 Å². The zero-order valence-corrected chi connectivity index (χ0v) is 22.7. The minimum atomic E-state index is -1.68. The Labute approximate surface area is 240 Å². The third-order valence-electron chi connectivity index (χ3n) is 6.55. The highest BCUT2D eigenvalue weighted by Crippen LogP contribution is 2.19. The van der Waals surface area contributed by atoms with Gasteiger partial charge in [-0.1, -0.05) is 30.3 Å². The smallest absolute Gasteiger partial charge is 0.328 e. The number of amides is 4. The fraction of sp³-hybridized carbons (Fsp3) is 0.321. The molecule has 0 bridgehead atoms. The molecule has 4 amide bonds. The van der Waals surface area contributed by atoms with Crippen LogP contribution >= 0.6 is 0 Å². The van der Waals surface area contributed by atoms with Crippen LogP contribution in [0.3, 0.4) is 0 Å². The first-order chi connectivity index (χ1) is 19.8. The van der Waals surface area contributed by atoms with E-state index in [2.05, 4.69) is 20.9 Å². The van der Waals surface area contributed by atoms with Gasteiger partial charge in [-0.05, 0) is 42.7 Å². The molecule has 42 heavy (non-hydrogen) atoms. The van der Waals surface area contributed by atoms with Gasteiger partial charge in [0.1, 0.15) is 17.8 Å². The Kier molecular flexibility index (Phi) is 10.6. The monoisotopic (exact) mass is 582 g/mol. The largest absolute Gasteiger partial charge is 0.508 e. The molecule has 224 valence electrons. The number of fused-ring (bicyclic) bond motifs is 1. The summed E-state index contributed by atoms with van der Waals surface area (Å²) in [6.07, 6.45) is -0.410. The normalized spacial score (nSPS) is 14.6. The number of benzene rings is 2. The average Bonchev–Trinajstić information content (AvgIpc) is 3.33. The van der Waals surface area contributed by atoms with Gasteiger partial charge in [-0.15, -0.1) is 0 Å². The number of carboxylic acid groups (broad SMARTS) is 1. The molecule has 0 radical (unpaired) electrons. The van der Waals surface area contributed by atoms with Crippen LogP contribution in [0.4, 0.5) is 0 Å². The predicted octanol–water partition coefficient (Wildman–Crippen LogP) is -1.22. The summed E-state index contributed by atoms with van der Waals surface area (Å²) in [5.41, 5.74) is 13.5. The van der Waals surface area contributed by atoms with E-state index in [4.69, 9.17) is 11.5 Å². The molecule has 1 heterocycles. The number of hydrogen-bond acceptors (Lipinski definition) is 8. The van der Waals surface area contributed by atoms with E-state index in [0.717, 1.165) is 16.5 Å². The predicted molar refractivity (Wildman–Crippen MR) is 151 cm³/mol. The number of phenolic OH excluding ortho intramolecular Hbond substituents is 1. The van der Waals surface area contributed by atoms with Crippen LogP contribution in [0.2, 0.25) is 0 Å². The summed E-state index contributed by atoms with van der Waals surface area (Å²) in [6, 6.07) is 7.39. The number of nitrogens with two attached hydrogens (primary N) is 2. The van der Waals surface area contributed by atoms with E-state index < -0.39 is 66.3 Å². The Hall–Kier alpha value is -4.95. The first-order valence-electron chi connectivity index (χ1n) is 13.0. The number of para-hydroxylation sites is 1. The maximum absolute atomic E-state index is 13.3.